The van der Waals surface area contributed by atoms with E-state index in [1.54, 1.807) is 20.0 Å². The molecule has 0 saturated carbocycles. The van der Waals surface area contributed by atoms with Gasteiger partial charge in [0.2, 0.25) is 5.91 Å². The van der Waals surface area contributed by atoms with E-state index in [4.69, 9.17) is 11.6 Å². The van der Waals surface area contributed by atoms with Gasteiger partial charge in [0.15, 0.2) is 0 Å². The number of benzene rings is 1. The molecule has 0 saturated heterocycles. The van der Waals surface area contributed by atoms with Gasteiger partial charge in [-0.2, -0.15) is 0 Å². The van der Waals surface area contributed by atoms with Crippen molar-refractivity contribution in [3.8, 4) is 0 Å². The molecule has 3 nitrogen and oxygen atoms in total. The molecule has 1 atom stereocenters. The van der Waals surface area contributed by atoms with E-state index in [1.165, 1.54) is 0 Å². The quantitative estimate of drug-likeness (QED) is 0.830. The van der Waals surface area contributed by atoms with Crippen LogP contribution in [0.4, 0.5) is 5.69 Å². The van der Waals surface area contributed by atoms with E-state index in [1.807, 2.05) is 19.1 Å². The zero-order chi connectivity index (χ0) is 11.4. The Morgan fingerprint density at radius 2 is 2.13 bits per heavy atom. The van der Waals surface area contributed by atoms with Crippen LogP contribution in [0.15, 0.2) is 18.2 Å². The number of halogens is 1. The first-order chi connectivity index (χ1) is 7.04. The number of carbonyl (C=O) groups excluding carboxylic acids is 1. The Balaban J connectivity index is 2.73. The molecule has 82 valence electrons. The lowest BCUT2D eigenvalue weighted by molar-refractivity contribution is -0.117. The summed E-state index contributed by atoms with van der Waals surface area (Å²) < 4.78 is 0. The molecule has 15 heavy (non-hydrogen) atoms. The first-order valence-electron chi connectivity index (χ1n) is 4.79. The lowest BCUT2D eigenvalue weighted by atomic mass is 10.2. The van der Waals surface area contributed by atoms with E-state index in [9.17, 15) is 4.79 Å². The van der Waals surface area contributed by atoms with E-state index in [2.05, 4.69) is 10.6 Å². The van der Waals surface area contributed by atoms with Crippen LogP contribution in [0.1, 0.15) is 12.5 Å². The molecule has 2 N–H and O–H groups in total. The third-order valence-electron chi connectivity index (χ3n) is 2.27. The summed E-state index contributed by atoms with van der Waals surface area (Å²) in [7, 11) is 1.74. The Morgan fingerprint density at radius 3 is 2.67 bits per heavy atom. The summed E-state index contributed by atoms with van der Waals surface area (Å²) >= 11 is 5.94. The molecular weight excluding hydrogens is 212 g/mol. The Hall–Kier alpha value is -1.06. The predicted molar refractivity (Wildman–Crippen MR) is 63.3 cm³/mol. The number of nitrogens with one attached hydrogen (secondary N) is 2. The van der Waals surface area contributed by atoms with Gasteiger partial charge in [-0.3, -0.25) is 4.79 Å². The highest BCUT2D eigenvalue weighted by atomic mass is 35.5. The molecule has 4 heteroatoms. The predicted octanol–water partition coefficient (Wildman–Crippen LogP) is 2.19. The number of hydrogen-bond donors (Lipinski definition) is 2. The smallest absolute Gasteiger partial charge is 0.241 e. The van der Waals surface area contributed by atoms with E-state index < -0.39 is 0 Å². The summed E-state index contributed by atoms with van der Waals surface area (Å²) in [6, 6.07) is 5.24. The maximum Gasteiger partial charge on any atom is 0.241 e. The third kappa shape index (κ3) is 3.22. The van der Waals surface area contributed by atoms with Crippen LogP contribution in [-0.4, -0.2) is 19.0 Å². The van der Waals surface area contributed by atoms with Crippen molar-refractivity contribution in [2.75, 3.05) is 12.4 Å². The van der Waals surface area contributed by atoms with Crippen LogP contribution < -0.4 is 10.6 Å². The standard InChI is InChI=1S/C11H15ClN2O/c1-7-4-5-9(6-10(7)12)14-11(15)8(2)13-3/h4-6,8,13H,1-3H3,(H,14,15). The van der Waals surface area contributed by atoms with E-state index in [-0.39, 0.29) is 11.9 Å². The second kappa shape index (κ2) is 5.14. The summed E-state index contributed by atoms with van der Waals surface area (Å²) in [5, 5.41) is 6.30. The van der Waals surface area contributed by atoms with E-state index >= 15 is 0 Å². The van der Waals surface area contributed by atoms with Crippen molar-refractivity contribution in [2.45, 2.75) is 19.9 Å². The number of likely N-dealkylation sites (N-methyl/N-ethyl adjacent to an activating group) is 1. The van der Waals surface area contributed by atoms with Crippen LogP contribution >= 0.6 is 11.6 Å². The average molecular weight is 227 g/mol. The van der Waals surface area contributed by atoms with Crippen molar-refractivity contribution in [3.63, 3.8) is 0 Å². The summed E-state index contributed by atoms with van der Waals surface area (Å²) in [5.41, 5.74) is 1.72. The SMILES string of the molecule is CNC(C)C(=O)Nc1ccc(C)c(Cl)c1. The average Bonchev–Trinajstić information content (AvgIpc) is 2.22. The molecule has 0 aromatic heterocycles. The second-order valence-electron chi connectivity index (χ2n) is 3.46. The first-order valence-corrected chi connectivity index (χ1v) is 5.16. The van der Waals surface area contributed by atoms with Crippen LogP contribution in [0.5, 0.6) is 0 Å². The Kier molecular flexibility index (Phi) is 4.12. The van der Waals surface area contributed by atoms with Gasteiger partial charge in [0, 0.05) is 10.7 Å². The number of rotatable bonds is 3. The lowest BCUT2D eigenvalue weighted by Crippen LogP contribution is -2.35. The van der Waals surface area contributed by atoms with Crippen molar-refractivity contribution < 1.29 is 4.79 Å². The van der Waals surface area contributed by atoms with Crippen LogP contribution in [0.2, 0.25) is 5.02 Å². The molecule has 0 aliphatic carbocycles. The number of anilines is 1. The van der Waals surface area contributed by atoms with Crippen LogP contribution in [0.3, 0.4) is 0 Å². The highest BCUT2D eigenvalue weighted by Gasteiger charge is 2.10. The van der Waals surface area contributed by atoms with Gasteiger partial charge in [-0.05, 0) is 38.6 Å². The topological polar surface area (TPSA) is 41.1 Å². The molecule has 0 fully saturated rings. The molecule has 0 aliphatic heterocycles. The third-order valence-corrected chi connectivity index (χ3v) is 2.67. The van der Waals surface area contributed by atoms with Gasteiger partial charge in [0.1, 0.15) is 0 Å². The van der Waals surface area contributed by atoms with Crippen molar-refractivity contribution in [2.24, 2.45) is 0 Å². The Labute approximate surface area is 94.8 Å². The minimum atomic E-state index is -0.218. The van der Waals surface area contributed by atoms with Gasteiger partial charge in [-0.25, -0.2) is 0 Å². The molecule has 0 radical (unpaired) electrons. The molecule has 1 aromatic rings. The molecule has 1 unspecified atom stereocenters. The summed E-state index contributed by atoms with van der Waals surface area (Å²) in [6.45, 7) is 3.72. The van der Waals surface area contributed by atoms with Crippen LogP contribution in [0, 0.1) is 6.92 Å². The Bertz CT molecular complexity index is 366. The maximum absolute atomic E-state index is 11.5. The molecule has 0 aliphatic rings. The Morgan fingerprint density at radius 1 is 1.47 bits per heavy atom. The van der Waals surface area contributed by atoms with Crippen molar-refractivity contribution in [1.29, 1.82) is 0 Å². The van der Waals surface area contributed by atoms with Gasteiger partial charge in [-0.15, -0.1) is 0 Å². The van der Waals surface area contributed by atoms with Crippen molar-refractivity contribution >= 4 is 23.2 Å². The molecule has 1 amide bonds. The van der Waals surface area contributed by atoms with Crippen LogP contribution in [0.25, 0.3) is 0 Å². The zero-order valence-electron chi connectivity index (χ0n) is 9.10. The van der Waals surface area contributed by atoms with Crippen molar-refractivity contribution in [1.82, 2.24) is 5.32 Å². The molecule has 0 heterocycles. The van der Waals surface area contributed by atoms with Crippen LogP contribution in [-0.2, 0) is 4.79 Å². The fraction of sp³-hybridized carbons (Fsp3) is 0.364. The number of hydrogen-bond acceptors (Lipinski definition) is 2. The fourth-order valence-electron chi connectivity index (χ4n) is 1.05. The molecule has 1 aromatic carbocycles. The van der Waals surface area contributed by atoms with E-state index in [0.29, 0.717) is 5.02 Å². The minimum Gasteiger partial charge on any atom is -0.325 e. The van der Waals surface area contributed by atoms with Gasteiger partial charge in [-0.1, -0.05) is 17.7 Å². The monoisotopic (exact) mass is 226 g/mol. The van der Waals surface area contributed by atoms with Crippen molar-refractivity contribution in [3.05, 3.63) is 28.8 Å². The highest BCUT2D eigenvalue weighted by molar-refractivity contribution is 6.31. The number of amides is 1. The first kappa shape index (κ1) is 12.0. The number of carbonyl (C=O) groups is 1. The maximum atomic E-state index is 11.5. The number of aryl methyl sites for hydroxylation is 1. The fourth-order valence-corrected chi connectivity index (χ4v) is 1.23. The zero-order valence-corrected chi connectivity index (χ0v) is 9.85. The summed E-state index contributed by atoms with van der Waals surface area (Å²) in [4.78, 5) is 11.5. The summed E-state index contributed by atoms with van der Waals surface area (Å²) in [5.74, 6) is -0.0718. The highest BCUT2D eigenvalue weighted by Crippen LogP contribution is 2.19. The molecule has 1 rings (SSSR count). The summed E-state index contributed by atoms with van der Waals surface area (Å²) in [6.07, 6.45) is 0. The molecular formula is C11H15ClN2O. The molecule has 0 bridgehead atoms. The normalized spacial score (nSPS) is 12.3. The molecule has 0 spiro atoms. The second-order valence-corrected chi connectivity index (χ2v) is 3.87. The van der Waals surface area contributed by atoms with Gasteiger partial charge in [0.05, 0.1) is 6.04 Å². The largest absolute Gasteiger partial charge is 0.325 e. The van der Waals surface area contributed by atoms with Gasteiger partial charge < -0.3 is 10.6 Å². The minimum absolute atomic E-state index is 0.0718. The van der Waals surface area contributed by atoms with E-state index in [0.717, 1.165) is 11.3 Å². The van der Waals surface area contributed by atoms with Gasteiger partial charge in [0.25, 0.3) is 0 Å². The van der Waals surface area contributed by atoms with Gasteiger partial charge >= 0.3 is 0 Å². The lowest BCUT2D eigenvalue weighted by Gasteiger charge is -2.11.